The Balaban J connectivity index is 2.05. The van der Waals surface area contributed by atoms with Gasteiger partial charge in [0.05, 0.1) is 10.6 Å². The molecular weight excluding hydrogens is 384 g/mol. The number of anilines is 1. The molecule has 0 radical (unpaired) electrons. The van der Waals surface area contributed by atoms with E-state index in [1.165, 1.54) is 23.9 Å². The molecule has 0 aromatic heterocycles. The van der Waals surface area contributed by atoms with Crippen molar-refractivity contribution in [3.63, 3.8) is 0 Å². The van der Waals surface area contributed by atoms with Crippen molar-refractivity contribution in [3.8, 4) is 5.75 Å². The summed E-state index contributed by atoms with van der Waals surface area (Å²) in [5.41, 5.74) is 0.490. The molecule has 0 saturated heterocycles. The quantitative estimate of drug-likeness (QED) is 0.491. The summed E-state index contributed by atoms with van der Waals surface area (Å²) in [7, 11) is -3.71. The second kappa shape index (κ2) is 9.77. The van der Waals surface area contributed by atoms with Gasteiger partial charge in [0.1, 0.15) is 12.4 Å². The van der Waals surface area contributed by atoms with Crippen molar-refractivity contribution < 1.29 is 17.9 Å². The Labute approximate surface area is 164 Å². The summed E-state index contributed by atoms with van der Waals surface area (Å²) >= 11 is 1.44. The van der Waals surface area contributed by atoms with Crippen LogP contribution in [0.4, 0.5) is 5.69 Å². The molecule has 0 atom stereocenters. The Morgan fingerprint density at radius 3 is 2.48 bits per heavy atom. The van der Waals surface area contributed by atoms with E-state index in [0.29, 0.717) is 11.4 Å². The Bertz CT molecular complexity index is 869. The number of carbonyl (C=O) groups is 1. The van der Waals surface area contributed by atoms with E-state index in [9.17, 15) is 13.2 Å². The van der Waals surface area contributed by atoms with Gasteiger partial charge in [-0.3, -0.25) is 4.79 Å². The number of ether oxygens (including phenoxy) is 1. The highest BCUT2D eigenvalue weighted by molar-refractivity contribution is 7.98. The number of sulfonamides is 1. The molecule has 0 heterocycles. The lowest BCUT2D eigenvalue weighted by molar-refractivity contribution is -0.118. The van der Waals surface area contributed by atoms with Gasteiger partial charge in [0.2, 0.25) is 15.9 Å². The van der Waals surface area contributed by atoms with Crippen LogP contribution in [0.2, 0.25) is 0 Å². The van der Waals surface area contributed by atoms with Gasteiger partial charge in [-0.2, -0.15) is 0 Å². The van der Waals surface area contributed by atoms with Gasteiger partial charge in [0.15, 0.2) is 0 Å². The average molecular weight is 409 g/mol. The summed E-state index contributed by atoms with van der Waals surface area (Å²) in [5, 5.41) is 2.79. The molecule has 0 spiro atoms. The van der Waals surface area contributed by atoms with Crippen LogP contribution < -0.4 is 14.8 Å². The zero-order valence-electron chi connectivity index (χ0n) is 15.6. The molecule has 0 aliphatic rings. The van der Waals surface area contributed by atoms with Crippen molar-refractivity contribution in [2.24, 2.45) is 5.92 Å². The van der Waals surface area contributed by atoms with Gasteiger partial charge in [0, 0.05) is 17.4 Å². The number of thioether (sulfide) groups is 1. The first-order valence-electron chi connectivity index (χ1n) is 8.50. The van der Waals surface area contributed by atoms with Gasteiger partial charge in [-0.1, -0.05) is 32.0 Å². The van der Waals surface area contributed by atoms with Crippen LogP contribution >= 0.6 is 11.8 Å². The minimum atomic E-state index is -3.71. The third-order valence-corrected chi connectivity index (χ3v) is 5.92. The van der Waals surface area contributed by atoms with Gasteiger partial charge in [-0.25, -0.2) is 13.1 Å². The van der Waals surface area contributed by atoms with Gasteiger partial charge in [-0.15, -0.1) is 11.8 Å². The highest BCUT2D eigenvalue weighted by Crippen LogP contribution is 2.28. The first kappa shape index (κ1) is 21.3. The SMILES string of the molecule is CSc1ccc(S(=O)(=O)NCCOc2ccccc2)cc1NC(=O)C(C)C. The van der Waals surface area contributed by atoms with Crippen molar-refractivity contribution in [1.82, 2.24) is 4.72 Å². The standard InChI is InChI=1S/C19H24N2O4S2/c1-14(2)19(22)21-17-13-16(9-10-18(17)26-3)27(23,24)20-11-12-25-15-7-5-4-6-8-15/h4-10,13-14,20H,11-12H2,1-3H3,(H,21,22). The molecule has 27 heavy (non-hydrogen) atoms. The summed E-state index contributed by atoms with van der Waals surface area (Å²) < 4.78 is 33.1. The lowest BCUT2D eigenvalue weighted by Crippen LogP contribution is -2.28. The summed E-state index contributed by atoms with van der Waals surface area (Å²) in [6.45, 7) is 3.91. The molecule has 2 aromatic rings. The minimum Gasteiger partial charge on any atom is -0.492 e. The fraction of sp³-hybridized carbons (Fsp3) is 0.316. The van der Waals surface area contributed by atoms with Crippen molar-refractivity contribution in [2.75, 3.05) is 24.7 Å². The zero-order valence-corrected chi connectivity index (χ0v) is 17.2. The lowest BCUT2D eigenvalue weighted by atomic mass is 10.2. The van der Waals surface area contributed by atoms with Gasteiger partial charge >= 0.3 is 0 Å². The molecule has 0 aliphatic heterocycles. The van der Waals surface area contributed by atoms with E-state index < -0.39 is 10.0 Å². The molecule has 0 fully saturated rings. The maximum Gasteiger partial charge on any atom is 0.240 e. The first-order chi connectivity index (χ1) is 12.8. The molecule has 1 amide bonds. The van der Waals surface area contributed by atoms with Crippen LogP contribution in [0.3, 0.4) is 0 Å². The van der Waals surface area contributed by atoms with Crippen LogP contribution in [0.1, 0.15) is 13.8 Å². The first-order valence-corrected chi connectivity index (χ1v) is 11.2. The molecule has 8 heteroatoms. The molecule has 6 nitrogen and oxygen atoms in total. The van der Waals surface area contributed by atoms with Gasteiger partial charge in [-0.05, 0) is 36.6 Å². The Morgan fingerprint density at radius 1 is 1.15 bits per heavy atom. The summed E-state index contributed by atoms with van der Waals surface area (Å²) in [4.78, 5) is 12.9. The number of hydrogen-bond acceptors (Lipinski definition) is 5. The number of rotatable bonds is 9. The Hall–Kier alpha value is -2.03. The Kier molecular flexibility index (Phi) is 7.70. The summed E-state index contributed by atoms with van der Waals surface area (Å²) in [6, 6.07) is 13.9. The molecule has 0 unspecified atom stereocenters. The molecule has 0 saturated carbocycles. The number of nitrogens with one attached hydrogen (secondary N) is 2. The zero-order chi connectivity index (χ0) is 19.9. The number of benzene rings is 2. The minimum absolute atomic E-state index is 0.0964. The Morgan fingerprint density at radius 2 is 1.85 bits per heavy atom. The van der Waals surface area contributed by atoms with Crippen LogP contribution in [0.25, 0.3) is 0 Å². The van der Waals surface area contributed by atoms with Crippen molar-refractivity contribution in [2.45, 2.75) is 23.6 Å². The third-order valence-electron chi connectivity index (χ3n) is 3.67. The smallest absolute Gasteiger partial charge is 0.240 e. The predicted molar refractivity (Wildman–Crippen MR) is 109 cm³/mol. The van der Waals surface area contributed by atoms with E-state index in [1.54, 1.807) is 32.0 Å². The molecule has 2 rings (SSSR count). The topological polar surface area (TPSA) is 84.5 Å². The molecular formula is C19H24N2O4S2. The molecule has 2 aromatic carbocycles. The van der Waals surface area contributed by atoms with Crippen molar-refractivity contribution in [1.29, 1.82) is 0 Å². The monoisotopic (exact) mass is 408 g/mol. The van der Waals surface area contributed by atoms with Crippen LogP contribution in [0, 0.1) is 5.92 Å². The summed E-state index contributed by atoms with van der Waals surface area (Å²) in [6.07, 6.45) is 1.87. The van der Waals surface area contributed by atoms with Crippen molar-refractivity contribution >= 4 is 33.4 Å². The fourth-order valence-corrected chi connectivity index (χ4v) is 3.75. The van der Waals surface area contributed by atoms with Crippen LogP contribution in [0.15, 0.2) is 58.3 Å². The highest BCUT2D eigenvalue weighted by atomic mass is 32.2. The van der Waals surface area contributed by atoms with Crippen LogP contribution in [-0.4, -0.2) is 33.7 Å². The van der Waals surface area contributed by atoms with E-state index in [2.05, 4.69) is 10.0 Å². The third kappa shape index (κ3) is 6.27. The molecule has 0 aliphatic carbocycles. The predicted octanol–water partition coefficient (Wildman–Crippen LogP) is 3.36. The molecule has 0 bridgehead atoms. The van der Waals surface area contributed by atoms with E-state index in [0.717, 1.165) is 4.90 Å². The highest BCUT2D eigenvalue weighted by Gasteiger charge is 2.17. The average Bonchev–Trinajstić information content (AvgIpc) is 2.66. The largest absolute Gasteiger partial charge is 0.492 e. The van der Waals surface area contributed by atoms with Gasteiger partial charge in [0.25, 0.3) is 0 Å². The van der Waals surface area contributed by atoms with Gasteiger partial charge < -0.3 is 10.1 Å². The second-order valence-electron chi connectivity index (χ2n) is 6.07. The van der Waals surface area contributed by atoms with E-state index in [-0.39, 0.29) is 29.9 Å². The number of carbonyl (C=O) groups excluding carboxylic acids is 1. The number of hydrogen-bond donors (Lipinski definition) is 2. The van der Waals surface area contributed by atoms with E-state index in [1.807, 2.05) is 24.5 Å². The summed E-state index contributed by atoms with van der Waals surface area (Å²) in [5.74, 6) is 0.317. The number of para-hydroxylation sites is 1. The lowest BCUT2D eigenvalue weighted by Gasteiger charge is -2.14. The normalized spacial score (nSPS) is 11.4. The maximum absolute atomic E-state index is 12.5. The second-order valence-corrected chi connectivity index (χ2v) is 8.68. The van der Waals surface area contributed by atoms with E-state index in [4.69, 9.17) is 4.74 Å². The van der Waals surface area contributed by atoms with Crippen LogP contribution in [-0.2, 0) is 14.8 Å². The fourth-order valence-electron chi connectivity index (χ4n) is 2.17. The van der Waals surface area contributed by atoms with Crippen LogP contribution in [0.5, 0.6) is 5.75 Å². The molecule has 2 N–H and O–H groups in total. The number of amides is 1. The van der Waals surface area contributed by atoms with E-state index >= 15 is 0 Å². The molecule has 146 valence electrons. The van der Waals surface area contributed by atoms with Crippen molar-refractivity contribution in [3.05, 3.63) is 48.5 Å². The maximum atomic E-state index is 12.5.